The molecule has 1 unspecified atom stereocenters. The second-order valence-electron chi connectivity index (χ2n) is 5.15. The molecule has 0 bridgehead atoms. The van der Waals surface area contributed by atoms with Gasteiger partial charge in [0.25, 0.3) is 0 Å². The summed E-state index contributed by atoms with van der Waals surface area (Å²) >= 11 is 1.35. The lowest BCUT2D eigenvalue weighted by molar-refractivity contribution is -0.140. The Bertz CT molecular complexity index is 681. The number of amides is 2. The number of aryl methyl sites for hydroxylation is 1. The van der Waals surface area contributed by atoms with Gasteiger partial charge in [0.1, 0.15) is 6.04 Å². The highest BCUT2D eigenvalue weighted by atomic mass is 32.1. The molecular weight excluding hydrogens is 290 g/mol. The maximum absolute atomic E-state index is 11.9. The van der Waals surface area contributed by atoms with Gasteiger partial charge in [-0.1, -0.05) is 31.3 Å². The van der Waals surface area contributed by atoms with E-state index >= 15 is 0 Å². The van der Waals surface area contributed by atoms with Gasteiger partial charge in [0.2, 0.25) is 0 Å². The van der Waals surface area contributed by atoms with Crippen LogP contribution in [0, 0.1) is 12.8 Å². The third-order valence-corrected chi connectivity index (χ3v) is 3.92. The van der Waals surface area contributed by atoms with Crippen molar-refractivity contribution in [1.29, 1.82) is 0 Å². The van der Waals surface area contributed by atoms with E-state index < -0.39 is 18.0 Å². The molecule has 0 saturated carbocycles. The summed E-state index contributed by atoms with van der Waals surface area (Å²) in [6.07, 6.45) is 0. The number of benzene rings is 1. The van der Waals surface area contributed by atoms with Gasteiger partial charge in [0.05, 0.1) is 10.2 Å². The maximum atomic E-state index is 11.9. The van der Waals surface area contributed by atoms with Crippen molar-refractivity contribution >= 4 is 38.7 Å². The SMILES string of the molecule is Cc1ccc2nc(NC(=O)NC(C(=O)O)C(C)C)sc2c1. The van der Waals surface area contributed by atoms with Gasteiger partial charge >= 0.3 is 12.0 Å². The summed E-state index contributed by atoms with van der Waals surface area (Å²) in [7, 11) is 0. The fourth-order valence-electron chi connectivity index (χ4n) is 1.87. The van der Waals surface area contributed by atoms with Gasteiger partial charge in [-0.2, -0.15) is 0 Å². The number of anilines is 1. The number of urea groups is 1. The number of nitrogens with one attached hydrogen (secondary N) is 2. The highest BCUT2D eigenvalue weighted by Crippen LogP contribution is 2.26. The number of aliphatic carboxylic acids is 1. The Balaban J connectivity index is 2.09. The molecule has 0 spiro atoms. The highest BCUT2D eigenvalue weighted by molar-refractivity contribution is 7.22. The Hall–Kier alpha value is -2.15. The number of rotatable bonds is 4. The van der Waals surface area contributed by atoms with E-state index in [9.17, 15) is 9.59 Å². The number of carbonyl (C=O) groups is 2. The van der Waals surface area contributed by atoms with Gasteiger partial charge < -0.3 is 10.4 Å². The van der Waals surface area contributed by atoms with Gasteiger partial charge in [0.15, 0.2) is 5.13 Å². The molecule has 21 heavy (non-hydrogen) atoms. The number of aromatic nitrogens is 1. The molecule has 1 aromatic heterocycles. The van der Waals surface area contributed by atoms with Crippen molar-refractivity contribution in [2.75, 3.05) is 5.32 Å². The zero-order chi connectivity index (χ0) is 15.6. The van der Waals surface area contributed by atoms with Crippen molar-refractivity contribution in [2.24, 2.45) is 5.92 Å². The largest absolute Gasteiger partial charge is 0.480 e. The quantitative estimate of drug-likeness (QED) is 0.810. The fraction of sp³-hybridized carbons (Fsp3) is 0.357. The van der Waals surface area contributed by atoms with Crippen LogP contribution in [0.3, 0.4) is 0 Å². The van der Waals surface area contributed by atoms with Crippen molar-refractivity contribution in [3.8, 4) is 0 Å². The fourth-order valence-corrected chi connectivity index (χ4v) is 2.83. The third-order valence-electron chi connectivity index (χ3n) is 2.98. The van der Waals surface area contributed by atoms with E-state index in [1.165, 1.54) is 11.3 Å². The molecule has 3 N–H and O–H groups in total. The predicted molar refractivity (Wildman–Crippen MR) is 82.8 cm³/mol. The van der Waals surface area contributed by atoms with Crippen LogP contribution in [0.1, 0.15) is 19.4 Å². The maximum Gasteiger partial charge on any atom is 0.326 e. The molecule has 0 radical (unpaired) electrons. The Labute approximate surface area is 126 Å². The zero-order valence-electron chi connectivity index (χ0n) is 12.0. The summed E-state index contributed by atoms with van der Waals surface area (Å²) < 4.78 is 0.976. The smallest absolute Gasteiger partial charge is 0.326 e. The molecule has 2 rings (SSSR count). The lowest BCUT2D eigenvalue weighted by Crippen LogP contribution is -2.46. The molecule has 1 atom stereocenters. The molecule has 112 valence electrons. The minimum absolute atomic E-state index is 0.203. The average Bonchev–Trinajstić information content (AvgIpc) is 2.76. The Morgan fingerprint density at radius 1 is 1.33 bits per heavy atom. The first kappa shape index (κ1) is 15.2. The summed E-state index contributed by atoms with van der Waals surface area (Å²) in [6.45, 7) is 5.46. The summed E-state index contributed by atoms with van der Waals surface area (Å²) in [5.41, 5.74) is 1.92. The topological polar surface area (TPSA) is 91.3 Å². The first-order valence-electron chi connectivity index (χ1n) is 6.54. The van der Waals surface area contributed by atoms with Gasteiger partial charge in [-0.25, -0.2) is 14.6 Å². The van der Waals surface area contributed by atoms with Crippen molar-refractivity contribution in [3.63, 3.8) is 0 Å². The standard InChI is InChI=1S/C14H17N3O3S/c1-7(2)11(12(18)19)16-13(20)17-14-15-9-5-4-8(3)6-10(9)21-14/h4-7,11H,1-3H3,(H,18,19)(H2,15,16,17,20). The predicted octanol–water partition coefficient (Wildman–Crippen LogP) is 2.84. The van der Waals surface area contributed by atoms with Gasteiger partial charge in [-0.3, -0.25) is 5.32 Å². The Kier molecular flexibility index (Phi) is 4.42. The van der Waals surface area contributed by atoms with E-state index in [0.29, 0.717) is 5.13 Å². The number of fused-ring (bicyclic) bond motifs is 1. The van der Waals surface area contributed by atoms with Gasteiger partial charge in [-0.05, 0) is 30.5 Å². The summed E-state index contributed by atoms with van der Waals surface area (Å²) in [5, 5.41) is 14.5. The molecule has 0 fully saturated rings. The first-order valence-corrected chi connectivity index (χ1v) is 7.36. The average molecular weight is 307 g/mol. The van der Waals surface area contributed by atoms with Crippen LogP contribution in [0.25, 0.3) is 10.2 Å². The molecule has 7 heteroatoms. The van der Waals surface area contributed by atoms with Crippen LogP contribution in [0.15, 0.2) is 18.2 Å². The number of carbonyl (C=O) groups excluding carboxylic acids is 1. The molecule has 2 amide bonds. The first-order chi connectivity index (χ1) is 9.86. The number of hydrogen-bond acceptors (Lipinski definition) is 4. The van der Waals surface area contributed by atoms with Crippen LogP contribution in [0.5, 0.6) is 0 Å². The van der Waals surface area contributed by atoms with E-state index in [1.54, 1.807) is 13.8 Å². The lowest BCUT2D eigenvalue weighted by Gasteiger charge is -2.17. The van der Waals surface area contributed by atoms with E-state index in [2.05, 4.69) is 15.6 Å². The molecule has 1 heterocycles. The third kappa shape index (κ3) is 3.69. The minimum Gasteiger partial charge on any atom is -0.480 e. The summed E-state index contributed by atoms with van der Waals surface area (Å²) in [6, 6.07) is 4.34. The highest BCUT2D eigenvalue weighted by Gasteiger charge is 2.23. The minimum atomic E-state index is -1.06. The number of carboxylic acid groups (broad SMARTS) is 1. The number of carboxylic acids is 1. The van der Waals surface area contributed by atoms with E-state index in [4.69, 9.17) is 5.11 Å². The summed E-state index contributed by atoms with van der Waals surface area (Å²) in [4.78, 5) is 27.2. The van der Waals surface area contributed by atoms with Crippen LogP contribution in [-0.4, -0.2) is 28.1 Å². The van der Waals surface area contributed by atoms with Crippen molar-refractivity contribution in [3.05, 3.63) is 23.8 Å². The molecule has 6 nitrogen and oxygen atoms in total. The molecule has 0 saturated heterocycles. The Morgan fingerprint density at radius 3 is 2.67 bits per heavy atom. The van der Waals surface area contributed by atoms with E-state index in [-0.39, 0.29) is 5.92 Å². The lowest BCUT2D eigenvalue weighted by atomic mass is 10.1. The molecule has 1 aromatic carbocycles. The van der Waals surface area contributed by atoms with Crippen molar-refractivity contribution in [1.82, 2.24) is 10.3 Å². The van der Waals surface area contributed by atoms with Crippen LogP contribution >= 0.6 is 11.3 Å². The van der Waals surface area contributed by atoms with Crippen LogP contribution < -0.4 is 10.6 Å². The van der Waals surface area contributed by atoms with E-state index in [0.717, 1.165) is 15.8 Å². The molecule has 0 aliphatic heterocycles. The normalized spacial score (nSPS) is 12.4. The zero-order valence-corrected chi connectivity index (χ0v) is 12.8. The second kappa shape index (κ2) is 6.09. The van der Waals surface area contributed by atoms with E-state index in [1.807, 2.05) is 25.1 Å². The number of hydrogen-bond donors (Lipinski definition) is 3. The molecular formula is C14H17N3O3S. The molecule has 2 aromatic rings. The number of nitrogens with zero attached hydrogens (tertiary/aromatic N) is 1. The molecule has 0 aliphatic rings. The number of thiazole rings is 1. The van der Waals surface area contributed by atoms with Gasteiger partial charge in [-0.15, -0.1) is 0 Å². The monoisotopic (exact) mass is 307 g/mol. The van der Waals surface area contributed by atoms with Crippen LogP contribution in [-0.2, 0) is 4.79 Å². The Morgan fingerprint density at radius 2 is 2.05 bits per heavy atom. The van der Waals surface area contributed by atoms with Crippen LogP contribution in [0.2, 0.25) is 0 Å². The van der Waals surface area contributed by atoms with Crippen LogP contribution in [0.4, 0.5) is 9.93 Å². The van der Waals surface area contributed by atoms with Crippen molar-refractivity contribution < 1.29 is 14.7 Å². The van der Waals surface area contributed by atoms with Crippen molar-refractivity contribution in [2.45, 2.75) is 26.8 Å². The second-order valence-corrected chi connectivity index (χ2v) is 6.18. The van der Waals surface area contributed by atoms with Gasteiger partial charge in [0, 0.05) is 0 Å². The molecule has 0 aliphatic carbocycles. The summed E-state index contributed by atoms with van der Waals surface area (Å²) in [5.74, 6) is -1.26.